The monoisotopic (exact) mass is 507 g/mol. The van der Waals surface area contributed by atoms with E-state index in [1.807, 2.05) is 18.2 Å². The molecule has 0 heterocycles. The van der Waals surface area contributed by atoms with Gasteiger partial charge in [-0.15, -0.1) is 0 Å². The second-order valence-electron chi connectivity index (χ2n) is 9.06. The third kappa shape index (κ3) is 5.56. The summed E-state index contributed by atoms with van der Waals surface area (Å²) in [5.74, 6) is -1.98. The van der Waals surface area contributed by atoms with E-state index >= 15 is 0 Å². The standard InChI is InChI=1S/C27H29N3O5S/c1-18(2)16-27(29,36(33,34)23-13-12-21-6-4-5-7-22(21)15-23)26(32)30-24(25(31)35-3)14-19-8-10-20(17-28)11-9-19/h4-13,15,18,24H,14,16,29H2,1-3H3,(H,30,32)/t24-,27+/m0/s1. The number of amides is 1. The lowest BCUT2D eigenvalue weighted by atomic mass is 10.0. The van der Waals surface area contributed by atoms with Crippen LogP contribution in [0.2, 0.25) is 0 Å². The van der Waals surface area contributed by atoms with E-state index in [1.165, 1.54) is 19.2 Å². The number of nitrogens with one attached hydrogen (secondary N) is 1. The molecular formula is C27H29N3O5S. The Balaban J connectivity index is 1.98. The molecule has 0 radical (unpaired) electrons. The molecule has 0 spiro atoms. The van der Waals surface area contributed by atoms with Crippen molar-refractivity contribution in [3.63, 3.8) is 0 Å². The summed E-state index contributed by atoms with van der Waals surface area (Å²) in [5, 5.41) is 13.1. The number of nitrogens with two attached hydrogens (primary N) is 1. The fourth-order valence-electron chi connectivity index (χ4n) is 4.04. The van der Waals surface area contributed by atoms with Crippen LogP contribution in [0.3, 0.4) is 0 Å². The number of hydrogen-bond acceptors (Lipinski definition) is 7. The van der Waals surface area contributed by atoms with Gasteiger partial charge in [0.25, 0.3) is 5.91 Å². The third-order valence-corrected chi connectivity index (χ3v) is 8.11. The van der Waals surface area contributed by atoms with E-state index in [-0.39, 0.29) is 23.7 Å². The minimum Gasteiger partial charge on any atom is -0.467 e. The number of nitriles is 1. The second kappa shape index (κ2) is 10.9. The van der Waals surface area contributed by atoms with Gasteiger partial charge in [-0.1, -0.05) is 56.3 Å². The van der Waals surface area contributed by atoms with Gasteiger partial charge in [0.2, 0.25) is 14.7 Å². The van der Waals surface area contributed by atoms with Gasteiger partial charge >= 0.3 is 5.97 Å². The van der Waals surface area contributed by atoms with E-state index in [0.29, 0.717) is 16.5 Å². The van der Waals surface area contributed by atoms with Crippen molar-refractivity contribution in [2.24, 2.45) is 11.7 Å². The third-order valence-electron chi connectivity index (χ3n) is 5.92. The SMILES string of the molecule is COC(=O)[C@H](Cc1ccc(C#N)cc1)NC(=O)[C@@](N)(CC(C)C)S(=O)(=O)c1ccc2ccccc2c1. The summed E-state index contributed by atoms with van der Waals surface area (Å²) in [4.78, 5) is 23.6. The molecule has 0 saturated heterocycles. The first-order chi connectivity index (χ1) is 17.0. The van der Waals surface area contributed by atoms with E-state index < -0.39 is 32.6 Å². The van der Waals surface area contributed by atoms with Crippen molar-refractivity contribution >= 4 is 32.5 Å². The Bertz CT molecular complexity index is 1410. The zero-order valence-corrected chi connectivity index (χ0v) is 21.2. The number of carbonyl (C=O) groups is 2. The van der Waals surface area contributed by atoms with Crippen LogP contribution in [0.15, 0.2) is 71.6 Å². The van der Waals surface area contributed by atoms with Crippen LogP contribution in [0.1, 0.15) is 31.4 Å². The number of rotatable bonds is 9. The molecule has 0 aliphatic carbocycles. The quantitative estimate of drug-likeness (QED) is 0.424. The van der Waals surface area contributed by atoms with E-state index in [1.54, 1.807) is 56.3 Å². The number of esters is 1. The van der Waals surface area contributed by atoms with Gasteiger partial charge in [-0.25, -0.2) is 13.2 Å². The van der Waals surface area contributed by atoms with Gasteiger partial charge in [0, 0.05) is 6.42 Å². The molecular weight excluding hydrogens is 478 g/mol. The Morgan fingerprint density at radius 3 is 2.28 bits per heavy atom. The summed E-state index contributed by atoms with van der Waals surface area (Å²) < 4.78 is 32.4. The van der Waals surface area contributed by atoms with E-state index in [9.17, 15) is 18.0 Å². The smallest absolute Gasteiger partial charge is 0.328 e. The normalized spacial score (nSPS) is 14.0. The number of benzene rings is 3. The van der Waals surface area contributed by atoms with Crippen molar-refractivity contribution < 1.29 is 22.7 Å². The number of ether oxygens (including phenoxy) is 1. The van der Waals surface area contributed by atoms with Crippen molar-refractivity contribution in [3.05, 3.63) is 77.9 Å². The number of nitrogens with zero attached hydrogens (tertiary/aromatic N) is 1. The van der Waals surface area contributed by atoms with Crippen LogP contribution in [0, 0.1) is 17.2 Å². The van der Waals surface area contributed by atoms with Crippen molar-refractivity contribution in [3.8, 4) is 6.07 Å². The number of sulfone groups is 1. The molecule has 36 heavy (non-hydrogen) atoms. The van der Waals surface area contributed by atoms with Crippen molar-refractivity contribution in [1.29, 1.82) is 5.26 Å². The molecule has 2 atom stereocenters. The van der Waals surface area contributed by atoms with Gasteiger partial charge < -0.3 is 15.8 Å². The fourth-order valence-corrected chi connectivity index (χ4v) is 5.85. The first kappa shape index (κ1) is 26.9. The van der Waals surface area contributed by atoms with Crippen LogP contribution >= 0.6 is 0 Å². The molecule has 9 heteroatoms. The van der Waals surface area contributed by atoms with Gasteiger partial charge in [-0.2, -0.15) is 5.26 Å². The number of methoxy groups -OCH3 is 1. The van der Waals surface area contributed by atoms with E-state index in [2.05, 4.69) is 5.32 Å². The Morgan fingerprint density at radius 1 is 1.06 bits per heavy atom. The van der Waals surface area contributed by atoms with Crippen LogP contribution < -0.4 is 11.1 Å². The molecule has 0 saturated carbocycles. The molecule has 0 aromatic heterocycles. The van der Waals surface area contributed by atoms with Gasteiger partial charge in [0.1, 0.15) is 6.04 Å². The summed E-state index contributed by atoms with van der Waals surface area (Å²) in [7, 11) is -3.19. The molecule has 3 aromatic rings. The van der Waals surface area contributed by atoms with Crippen LogP contribution in [-0.4, -0.2) is 38.3 Å². The minimum atomic E-state index is -4.37. The highest BCUT2D eigenvalue weighted by molar-refractivity contribution is 7.93. The van der Waals surface area contributed by atoms with Crippen molar-refractivity contribution in [2.45, 2.75) is 42.5 Å². The molecule has 3 rings (SSSR count). The first-order valence-corrected chi connectivity index (χ1v) is 12.9. The maximum absolute atomic E-state index is 13.8. The molecule has 3 N–H and O–H groups in total. The molecule has 188 valence electrons. The molecule has 8 nitrogen and oxygen atoms in total. The fraction of sp³-hybridized carbons (Fsp3) is 0.296. The topological polar surface area (TPSA) is 139 Å². The number of hydrogen-bond donors (Lipinski definition) is 2. The largest absolute Gasteiger partial charge is 0.467 e. The van der Waals surface area contributed by atoms with Crippen LogP contribution in [0.4, 0.5) is 0 Å². The van der Waals surface area contributed by atoms with E-state index in [4.69, 9.17) is 15.7 Å². The highest BCUT2D eigenvalue weighted by atomic mass is 32.2. The van der Waals surface area contributed by atoms with Gasteiger partial charge in [0.15, 0.2) is 0 Å². The summed E-state index contributed by atoms with van der Waals surface area (Å²) in [6.07, 6.45) is -0.142. The Hall–Kier alpha value is -3.74. The average Bonchev–Trinajstić information content (AvgIpc) is 2.87. The summed E-state index contributed by atoms with van der Waals surface area (Å²) >= 11 is 0. The highest BCUT2D eigenvalue weighted by Gasteiger charge is 2.49. The van der Waals surface area contributed by atoms with Crippen molar-refractivity contribution in [1.82, 2.24) is 5.32 Å². The predicted octanol–water partition coefficient (Wildman–Crippen LogP) is 3.09. The summed E-state index contributed by atoms with van der Waals surface area (Å²) in [6.45, 7) is 3.53. The molecule has 0 fully saturated rings. The van der Waals surface area contributed by atoms with Gasteiger partial charge in [0.05, 0.1) is 23.6 Å². The molecule has 3 aromatic carbocycles. The molecule has 0 bridgehead atoms. The highest BCUT2D eigenvalue weighted by Crippen LogP contribution is 2.30. The lowest BCUT2D eigenvalue weighted by molar-refractivity contribution is -0.145. The molecule has 0 unspecified atom stereocenters. The second-order valence-corrected chi connectivity index (χ2v) is 11.3. The predicted molar refractivity (Wildman–Crippen MR) is 136 cm³/mol. The van der Waals surface area contributed by atoms with Gasteiger partial charge in [-0.05, 0) is 52.9 Å². The maximum Gasteiger partial charge on any atom is 0.328 e. The van der Waals surface area contributed by atoms with Crippen molar-refractivity contribution in [2.75, 3.05) is 7.11 Å². The summed E-state index contributed by atoms with van der Waals surface area (Å²) in [5.41, 5.74) is 7.52. The lowest BCUT2D eigenvalue weighted by Gasteiger charge is -2.31. The Morgan fingerprint density at radius 2 is 1.69 bits per heavy atom. The Labute approximate surface area is 211 Å². The lowest BCUT2D eigenvalue weighted by Crippen LogP contribution is -2.62. The Kier molecular flexibility index (Phi) is 8.13. The zero-order valence-electron chi connectivity index (χ0n) is 20.4. The van der Waals surface area contributed by atoms with E-state index in [0.717, 1.165) is 5.39 Å². The molecule has 0 aliphatic rings. The first-order valence-electron chi connectivity index (χ1n) is 11.4. The van der Waals surface area contributed by atoms with Crippen LogP contribution in [0.5, 0.6) is 0 Å². The number of carbonyl (C=O) groups excluding carboxylic acids is 2. The summed E-state index contributed by atoms with van der Waals surface area (Å²) in [6, 6.07) is 19.2. The number of fused-ring (bicyclic) bond motifs is 1. The minimum absolute atomic E-state index is 0.0257. The molecule has 1 amide bonds. The maximum atomic E-state index is 13.8. The zero-order chi connectivity index (χ0) is 26.5. The molecule has 0 aliphatic heterocycles. The van der Waals surface area contributed by atoms with Gasteiger partial charge in [-0.3, -0.25) is 4.79 Å². The average molecular weight is 508 g/mol. The van der Waals surface area contributed by atoms with Crippen LogP contribution in [0.25, 0.3) is 10.8 Å². The van der Waals surface area contributed by atoms with Crippen LogP contribution in [-0.2, 0) is 30.6 Å².